The van der Waals surface area contributed by atoms with Crippen LogP contribution in [-0.4, -0.2) is 31.7 Å². The summed E-state index contributed by atoms with van der Waals surface area (Å²) in [5, 5.41) is 2.83. The van der Waals surface area contributed by atoms with E-state index in [0.717, 1.165) is 16.6 Å². The van der Waals surface area contributed by atoms with Gasteiger partial charge in [-0.2, -0.15) is 4.31 Å². The summed E-state index contributed by atoms with van der Waals surface area (Å²) in [6, 6.07) is 12.0. The smallest absolute Gasteiger partial charge is 0.243 e. The van der Waals surface area contributed by atoms with Crippen molar-refractivity contribution in [1.29, 1.82) is 0 Å². The van der Waals surface area contributed by atoms with Crippen molar-refractivity contribution < 1.29 is 17.6 Å². The first kappa shape index (κ1) is 19.0. The number of amides is 1. The number of carbonyl (C=O) groups is 1. The van der Waals surface area contributed by atoms with Crippen molar-refractivity contribution in [3.8, 4) is 0 Å². The van der Waals surface area contributed by atoms with E-state index in [4.69, 9.17) is 0 Å². The molecule has 1 aliphatic rings. The van der Waals surface area contributed by atoms with E-state index in [1.165, 1.54) is 16.4 Å². The van der Waals surface area contributed by atoms with Crippen molar-refractivity contribution in [2.45, 2.75) is 17.7 Å². The molecule has 26 heavy (non-hydrogen) atoms. The normalized spacial score (nSPS) is 18.5. The first-order chi connectivity index (χ1) is 12.4. The highest BCUT2D eigenvalue weighted by Gasteiger charge is 2.33. The quantitative estimate of drug-likeness (QED) is 0.788. The van der Waals surface area contributed by atoms with Crippen molar-refractivity contribution in [3.63, 3.8) is 0 Å². The lowest BCUT2D eigenvalue weighted by atomic mass is 9.99. The Morgan fingerprint density at radius 2 is 1.92 bits per heavy atom. The van der Waals surface area contributed by atoms with Crippen molar-refractivity contribution >= 4 is 37.5 Å². The predicted molar refractivity (Wildman–Crippen MR) is 101 cm³/mol. The zero-order valence-electron chi connectivity index (χ0n) is 13.9. The molecular formula is C18H18BrFN2O3S. The third-order valence-corrected chi connectivity index (χ3v) is 6.67. The molecular weight excluding hydrogens is 423 g/mol. The first-order valence-electron chi connectivity index (χ1n) is 8.18. The predicted octanol–water partition coefficient (Wildman–Crippen LogP) is 3.63. The monoisotopic (exact) mass is 440 g/mol. The molecule has 1 fully saturated rings. The third kappa shape index (κ3) is 4.31. The minimum absolute atomic E-state index is 0.0342. The van der Waals surface area contributed by atoms with Gasteiger partial charge in [0.15, 0.2) is 0 Å². The van der Waals surface area contributed by atoms with E-state index in [9.17, 15) is 17.6 Å². The molecule has 2 aromatic rings. The lowest BCUT2D eigenvalue weighted by molar-refractivity contribution is -0.120. The summed E-state index contributed by atoms with van der Waals surface area (Å²) in [7, 11) is -3.75. The van der Waals surface area contributed by atoms with E-state index < -0.39 is 21.8 Å². The average Bonchev–Trinajstić information content (AvgIpc) is 2.62. The van der Waals surface area contributed by atoms with Gasteiger partial charge in [0.25, 0.3) is 0 Å². The summed E-state index contributed by atoms with van der Waals surface area (Å²) in [5.41, 5.74) is 0.655. The van der Waals surface area contributed by atoms with Gasteiger partial charge in [-0.15, -0.1) is 0 Å². The molecule has 5 nitrogen and oxygen atoms in total. The first-order valence-corrected chi connectivity index (χ1v) is 10.4. The summed E-state index contributed by atoms with van der Waals surface area (Å²) in [5.74, 6) is -1.13. The molecule has 1 amide bonds. The molecule has 0 saturated carbocycles. The maximum Gasteiger partial charge on any atom is 0.243 e. The average molecular weight is 441 g/mol. The van der Waals surface area contributed by atoms with E-state index in [1.807, 2.05) is 12.1 Å². The van der Waals surface area contributed by atoms with Gasteiger partial charge in [-0.25, -0.2) is 12.8 Å². The summed E-state index contributed by atoms with van der Waals surface area (Å²) < 4.78 is 40.7. The largest absolute Gasteiger partial charge is 0.326 e. The number of benzene rings is 2. The Morgan fingerprint density at radius 1 is 1.19 bits per heavy atom. The van der Waals surface area contributed by atoms with Gasteiger partial charge in [0, 0.05) is 23.2 Å². The lowest BCUT2D eigenvalue weighted by Crippen LogP contribution is -2.43. The molecule has 1 atom stereocenters. The van der Waals surface area contributed by atoms with Crippen LogP contribution in [0.1, 0.15) is 12.8 Å². The summed E-state index contributed by atoms with van der Waals surface area (Å²) >= 11 is 3.35. The van der Waals surface area contributed by atoms with Gasteiger partial charge >= 0.3 is 0 Å². The second-order valence-corrected chi connectivity index (χ2v) is 9.01. The molecule has 0 aliphatic carbocycles. The zero-order chi connectivity index (χ0) is 18.7. The van der Waals surface area contributed by atoms with Crippen molar-refractivity contribution in [2.75, 3.05) is 18.4 Å². The second-order valence-electron chi connectivity index (χ2n) is 6.16. The van der Waals surface area contributed by atoms with Crippen LogP contribution >= 0.6 is 15.9 Å². The molecule has 2 aromatic carbocycles. The molecule has 0 bridgehead atoms. The Balaban J connectivity index is 1.72. The van der Waals surface area contributed by atoms with Crippen LogP contribution in [0, 0.1) is 11.7 Å². The molecule has 1 heterocycles. The SMILES string of the molecule is O=C(Nc1cccc(Br)c1)[C@@H]1CCCN(S(=O)(=O)c2ccc(F)cc2)C1. The number of hydrogen-bond donors (Lipinski definition) is 1. The molecule has 3 rings (SSSR count). The van der Waals surface area contributed by atoms with Crippen molar-refractivity contribution in [2.24, 2.45) is 5.92 Å². The topological polar surface area (TPSA) is 66.5 Å². The fourth-order valence-corrected chi connectivity index (χ4v) is 4.86. The van der Waals surface area contributed by atoms with Gasteiger partial charge in [-0.1, -0.05) is 22.0 Å². The molecule has 1 N–H and O–H groups in total. The van der Waals surface area contributed by atoms with Crippen molar-refractivity contribution in [3.05, 3.63) is 58.8 Å². The fraction of sp³-hybridized carbons (Fsp3) is 0.278. The number of carbonyl (C=O) groups excluding carboxylic acids is 1. The number of nitrogens with one attached hydrogen (secondary N) is 1. The molecule has 1 saturated heterocycles. The van der Waals surface area contributed by atoms with E-state index in [2.05, 4.69) is 21.2 Å². The van der Waals surface area contributed by atoms with Crippen LogP contribution in [-0.2, 0) is 14.8 Å². The minimum Gasteiger partial charge on any atom is -0.326 e. The van der Waals surface area contributed by atoms with Crippen LogP contribution in [0.15, 0.2) is 57.9 Å². The minimum atomic E-state index is -3.75. The van der Waals surface area contributed by atoms with E-state index in [1.54, 1.807) is 12.1 Å². The Morgan fingerprint density at radius 3 is 2.62 bits per heavy atom. The van der Waals surface area contributed by atoms with Crippen LogP contribution in [0.25, 0.3) is 0 Å². The number of hydrogen-bond acceptors (Lipinski definition) is 3. The van der Waals surface area contributed by atoms with Gasteiger partial charge in [0.05, 0.1) is 10.8 Å². The van der Waals surface area contributed by atoms with E-state index in [0.29, 0.717) is 25.1 Å². The van der Waals surface area contributed by atoms with Crippen LogP contribution in [0.3, 0.4) is 0 Å². The highest BCUT2D eigenvalue weighted by molar-refractivity contribution is 9.10. The van der Waals surface area contributed by atoms with Gasteiger partial charge < -0.3 is 5.32 Å². The number of piperidine rings is 1. The van der Waals surface area contributed by atoms with Crippen LogP contribution in [0.5, 0.6) is 0 Å². The zero-order valence-corrected chi connectivity index (χ0v) is 16.3. The van der Waals surface area contributed by atoms with Crippen LogP contribution in [0.2, 0.25) is 0 Å². The molecule has 0 unspecified atom stereocenters. The van der Waals surface area contributed by atoms with Gasteiger partial charge in [0.2, 0.25) is 15.9 Å². The fourth-order valence-electron chi connectivity index (χ4n) is 2.94. The molecule has 8 heteroatoms. The Bertz CT molecular complexity index is 903. The number of sulfonamides is 1. The van der Waals surface area contributed by atoms with E-state index >= 15 is 0 Å². The Kier molecular flexibility index (Phi) is 5.74. The highest BCUT2D eigenvalue weighted by Crippen LogP contribution is 2.25. The molecule has 0 radical (unpaired) electrons. The number of anilines is 1. The highest BCUT2D eigenvalue weighted by atomic mass is 79.9. The van der Waals surface area contributed by atoms with Gasteiger partial charge in [-0.3, -0.25) is 4.79 Å². The molecule has 138 valence electrons. The number of nitrogens with zero attached hydrogens (tertiary/aromatic N) is 1. The third-order valence-electron chi connectivity index (χ3n) is 4.30. The van der Waals surface area contributed by atoms with Crippen LogP contribution in [0.4, 0.5) is 10.1 Å². The lowest BCUT2D eigenvalue weighted by Gasteiger charge is -2.31. The molecule has 0 spiro atoms. The second kappa shape index (κ2) is 7.85. The van der Waals surface area contributed by atoms with E-state index in [-0.39, 0.29) is 17.3 Å². The summed E-state index contributed by atoms with van der Waals surface area (Å²) in [4.78, 5) is 12.6. The van der Waals surface area contributed by atoms with Crippen molar-refractivity contribution in [1.82, 2.24) is 4.31 Å². The number of rotatable bonds is 4. The Hall–Kier alpha value is -1.77. The maximum absolute atomic E-state index is 13.1. The van der Waals surface area contributed by atoms with Gasteiger partial charge in [0.1, 0.15) is 5.82 Å². The van der Waals surface area contributed by atoms with Gasteiger partial charge in [-0.05, 0) is 55.3 Å². The number of halogens is 2. The molecule has 0 aromatic heterocycles. The Labute approximate surface area is 160 Å². The van der Waals surface area contributed by atoms with Crippen LogP contribution < -0.4 is 5.32 Å². The summed E-state index contributed by atoms with van der Waals surface area (Å²) in [6.07, 6.45) is 1.21. The molecule has 1 aliphatic heterocycles. The maximum atomic E-state index is 13.1. The summed E-state index contributed by atoms with van der Waals surface area (Å²) in [6.45, 7) is 0.458. The standard InChI is InChI=1S/C18H18BrFN2O3S/c19-14-4-1-5-16(11-14)21-18(23)13-3-2-10-22(12-13)26(24,25)17-8-6-15(20)7-9-17/h1,4-9,11,13H,2-3,10,12H2,(H,21,23)/t13-/m1/s1.